The second kappa shape index (κ2) is 5.93. The van der Waals surface area contributed by atoms with E-state index in [1.165, 1.54) is 6.07 Å². The van der Waals surface area contributed by atoms with Gasteiger partial charge in [0, 0.05) is 11.6 Å². The summed E-state index contributed by atoms with van der Waals surface area (Å²) in [6, 6.07) is 12.1. The molecule has 0 heterocycles. The Morgan fingerprint density at radius 3 is 2.53 bits per heavy atom. The Balaban J connectivity index is 2.28. The van der Waals surface area contributed by atoms with Gasteiger partial charge in [-0.1, -0.05) is 42.0 Å². The molecule has 0 saturated carbocycles. The maximum Gasteiger partial charge on any atom is 0.163 e. The lowest BCUT2D eigenvalue weighted by molar-refractivity contribution is 0.473. The summed E-state index contributed by atoms with van der Waals surface area (Å²) in [4.78, 5) is 0. The van der Waals surface area contributed by atoms with Crippen molar-refractivity contribution in [1.29, 1.82) is 0 Å². The molecule has 2 aromatic rings. The Bertz CT molecular complexity index is 566. The van der Waals surface area contributed by atoms with Crippen molar-refractivity contribution in [2.75, 3.05) is 7.05 Å². The summed E-state index contributed by atoms with van der Waals surface area (Å²) in [5.74, 6) is -1.57. The highest BCUT2D eigenvalue weighted by Crippen LogP contribution is 2.23. The van der Waals surface area contributed by atoms with Gasteiger partial charge in [-0.05, 0) is 32.0 Å². The van der Waals surface area contributed by atoms with Crippen molar-refractivity contribution in [2.24, 2.45) is 0 Å². The Labute approximate surface area is 112 Å². The van der Waals surface area contributed by atoms with Gasteiger partial charge in [0.25, 0.3) is 0 Å². The molecule has 1 nitrogen and oxygen atoms in total. The van der Waals surface area contributed by atoms with Gasteiger partial charge in [-0.3, -0.25) is 0 Å². The van der Waals surface area contributed by atoms with E-state index in [0.29, 0.717) is 12.0 Å². The zero-order valence-corrected chi connectivity index (χ0v) is 11.1. The number of benzene rings is 2. The highest BCUT2D eigenvalue weighted by Gasteiger charge is 2.17. The Morgan fingerprint density at radius 1 is 1.11 bits per heavy atom. The lowest BCUT2D eigenvalue weighted by atomic mass is 9.97. The van der Waals surface area contributed by atoms with Crippen LogP contribution in [-0.4, -0.2) is 7.05 Å². The van der Waals surface area contributed by atoms with Gasteiger partial charge in [-0.2, -0.15) is 0 Å². The van der Waals surface area contributed by atoms with E-state index >= 15 is 0 Å². The SMILES string of the molecule is CNC(Cc1cccc(C)c1)c1cccc(F)c1F. The molecule has 3 heteroatoms. The lowest BCUT2D eigenvalue weighted by Gasteiger charge is -2.18. The molecule has 1 N–H and O–H groups in total. The third-order valence-electron chi connectivity index (χ3n) is 3.23. The van der Waals surface area contributed by atoms with Gasteiger partial charge in [-0.25, -0.2) is 8.78 Å². The zero-order valence-electron chi connectivity index (χ0n) is 11.1. The molecule has 0 amide bonds. The van der Waals surface area contributed by atoms with Gasteiger partial charge in [0.2, 0.25) is 0 Å². The molecule has 2 aromatic carbocycles. The van der Waals surface area contributed by atoms with Crippen LogP contribution in [-0.2, 0) is 6.42 Å². The quantitative estimate of drug-likeness (QED) is 0.883. The molecule has 2 rings (SSSR count). The van der Waals surface area contributed by atoms with Gasteiger partial charge in [0.1, 0.15) is 0 Å². The number of likely N-dealkylation sites (N-methyl/N-ethyl adjacent to an activating group) is 1. The first-order chi connectivity index (χ1) is 9.11. The molecule has 0 aliphatic heterocycles. The minimum Gasteiger partial charge on any atom is -0.313 e. The molecule has 1 atom stereocenters. The van der Waals surface area contributed by atoms with Gasteiger partial charge < -0.3 is 5.32 Å². The monoisotopic (exact) mass is 261 g/mol. The van der Waals surface area contributed by atoms with E-state index in [-0.39, 0.29) is 6.04 Å². The van der Waals surface area contributed by atoms with Crippen molar-refractivity contribution in [1.82, 2.24) is 5.32 Å². The van der Waals surface area contributed by atoms with E-state index in [1.54, 1.807) is 13.1 Å². The minimum atomic E-state index is -0.804. The molecular formula is C16H17F2N. The number of aryl methyl sites for hydroxylation is 1. The lowest BCUT2D eigenvalue weighted by Crippen LogP contribution is -2.20. The van der Waals surface area contributed by atoms with Gasteiger partial charge in [-0.15, -0.1) is 0 Å². The Hall–Kier alpha value is -1.74. The number of halogens is 2. The highest BCUT2D eigenvalue weighted by molar-refractivity contribution is 5.28. The van der Waals surface area contributed by atoms with Crippen LogP contribution in [0.15, 0.2) is 42.5 Å². The molecule has 0 aliphatic carbocycles. The van der Waals surface area contributed by atoms with Gasteiger partial charge in [0.15, 0.2) is 11.6 Å². The van der Waals surface area contributed by atoms with E-state index in [9.17, 15) is 8.78 Å². The third kappa shape index (κ3) is 3.18. The van der Waals surface area contributed by atoms with E-state index < -0.39 is 11.6 Å². The highest BCUT2D eigenvalue weighted by atomic mass is 19.2. The molecule has 1 unspecified atom stereocenters. The zero-order chi connectivity index (χ0) is 13.8. The summed E-state index contributed by atoms with van der Waals surface area (Å²) in [5.41, 5.74) is 2.62. The molecule has 0 fully saturated rings. The summed E-state index contributed by atoms with van der Waals surface area (Å²) in [6.07, 6.45) is 0.624. The first-order valence-corrected chi connectivity index (χ1v) is 6.28. The van der Waals surface area contributed by atoms with Crippen LogP contribution in [0.4, 0.5) is 8.78 Å². The summed E-state index contributed by atoms with van der Waals surface area (Å²) in [6.45, 7) is 2.01. The third-order valence-corrected chi connectivity index (χ3v) is 3.23. The van der Waals surface area contributed by atoms with Crippen LogP contribution < -0.4 is 5.32 Å². The number of hydrogen-bond donors (Lipinski definition) is 1. The average Bonchev–Trinajstić information content (AvgIpc) is 2.40. The van der Waals surface area contributed by atoms with E-state index in [2.05, 4.69) is 11.4 Å². The van der Waals surface area contributed by atoms with Gasteiger partial charge >= 0.3 is 0 Å². The smallest absolute Gasteiger partial charge is 0.163 e. The second-order valence-electron chi connectivity index (χ2n) is 4.68. The summed E-state index contributed by atoms with van der Waals surface area (Å²) in [7, 11) is 1.75. The topological polar surface area (TPSA) is 12.0 Å². The summed E-state index contributed by atoms with van der Waals surface area (Å²) in [5, 5.41) is 3.05. The standard InChI is InChI=1S/C16H17F2N/c1-11-5-3-6-12(9-11)10-15(19-2)13-7-4-8-14(17)16(13)18/h3-9,15,19H,10H2,1-2H3. The van der Waals surface area contributed by atoms with Crippen LogP contribution in [0.25, 0.3) is 0 Å². The molecule has 0 aliphatic rings. The molecule has 0 spiro atoms. The maximum absolute atomic E-state index is 13.8. The van der Waals surface area contributed by atoms with Crippen LogP contribution in [0.3, 0.4) is 0 Å². The van der Waals surface area contributed by atoms with E-state index in [1.807, 2.05) is 25.1 Å². The molecule has 0 saturated heterocycles. The van der Waals surface area contributed by atoms with Crippen LogP contribution in [0, 0.1) is 18.6 Å². The van der Waals surface area contributed by atoms with Crippen LogP contribution in [0.2, 0.25) is 0 Å². The normalized spacial score (nSPS) is 12.4. The van der Waals surface area contributed by atoms with Crippen molar-refractivity contribution in [3.63, 3.8) is 0 Å². The second-order valence-corrected chi connectivity index (χ2v) is 4.68. The molecule has 0 radical (unpaired) electrons. The van der Waals surface area contributed by atoms with Crippen molar-refractivity contribution in [3.05, 3.63) is 70.8 Å². The van der Waals surface area contributed by atoms with Crippen LogP contribution in [0.1, 0.15) is 22.7 Å². The maximum atomic E-state index is 13.8. The van der Waals surface area contributed by atoms with Gasteiger partial charge in [0.05, 0.1) is 0 Å². The molecule has 0 aromatic heterocycles. The van der Waals surface area contributed by atoms with Crippen molar-refractivity contribution in [2.45, 2.75) is 19.4 Å². The van der Waals surface area contributed by atoms with Crippen LogP contribution >= 0.6 is 0 Å². The number of rotatable bonds is 4. The molecular weight excluding hydrogens is 244 g/mol. The fourth-order valence-electron chi connectivity index (χ4n) is 2.23. The molecule has 100 valence electrons. The van der Waals surface area contributed by atoms with E-state index in [0.717, 1.165) is 17.2 Å². The predicted molar refractivity (Wildman–Crippen MR) is 73.0 cm³/mol. The summed E-state index contributed by atoms with van der Waals surface area (Å²) >= 11 is 0. The number of nitrogens with one attached hydrogen (secondary N) is 1. The summed E-state index contributed by atoms with van der Waals surface area (Å²) < 4.78 is 27.1. The Morgan fingerprint density at radius 2 is 1.84 bits per heavy atom. The Kier molecular flexibility index (Phi) is 4.27. The number of hydrogen-bond acceptors (Lipinski definition) is 1. The minimum absolute atomic E-state index is 0.238. The average molecular weight is 261 g/mol. The molecule has 19 heavy (non-hydrogen) atoms. The fraction of sp³-hybridized carbons (Fsp3) is 0.250. The predicted octanol–water partition coefficient (Wildman–Crippen LogP) is 3.78. The first-order valence-electron chi connectivity index (χ1n) is 6.28. The molecule has 0 bridgehead atoms. The van der Waals surface area contributed by atoms with Crippen LogP contribution in [0.5, 0.6) is 0 Å². The fourth-order valence-corrected chi connectivity index (χ4v) is 2.23. The largest absolute Gasteiger partial charge is 0.313 e. The van der Waals surface area contributed by atoms with E-state index in [4.69, 9.17) is 0 Å². The van der Waals surface area contributed by atoms with Crippen molar-refractivity contribution < 1.29 is 8.78 Å². The first kappa shape index (κ1) is 13.7. The van der Waals surface area contributed by atoms with Crippen molar-refractivity contribution >= 4 is 0 Å². The van der Waals surface area contributed by atoms with Crippen molar-refractivity contribution in [3.8, 4) is 0 Å².